The van der Waals surface area contributed by atoms with Crippen LogP contribution in [-0.2, 0) is 0 Å². The molecular formula is C15H19F2NO2. The smallest absolute Gasteiger partial charge is 0.248 e. The molecule has 1 aromatic rings. The summed E-state index contributed by atoms with van der Waals surface area (Å²) in [6.45, 7) is 1.75. The summed E-state index contributed by atoms with van der Waals surface area (Å²) in [4.78, 5) is 2.08. The Hall–Kier alpha value is -1.20. The first-order valence-corrected chi connectivity index (χ1v) is 7.03. The van der Waals surface area contributed by atoms with Gasteiger partial charge in [0.25, 0.3) is 0 Å². The highest BCUT2D eigenvalue weighted by Gasteiger charge is 2.46. The highest BCUT2D eigenvalue weighted by atomic mass is 19.3. The van der Waals surface area contributed by atoms with Crippen molar-refractivity contribution in [1.82, 2.24) is 4.90 Å². The third-order valence-corrected chi connectivity index (χ3v) is 4.20. The average Bonchev–Trinajstić information content (AvgIpc) is 2.55. The summed E-state index contributed by atoms with van der Waals surface area (Å²) in [5.41, 5.74) is 0.943. The molecule has 110 valence electrons. The van der Waals surface area contributed by atoms with Crippen LogP contribution in [-0.4, -0.2) is 42.2 Å². The number of hydrogen-bond acceptors (Lipinski definition) is 3. The molecule has 20 heavy (non-hydrogen) atoms. The van der Waals surface area contributed by atoms with E-state index in [1.165, 1.54) is 0 Å². The lowest BCUT2D eigenvalue weighted by molar-refractivity contribution is -0.119. The van der Waals surface area contributed by atoms with Gasteiger partial charge in [0.2, 0.25) is 5.92 Å². The van der Waals surface area contributed by atoms with Crippen molar-refractivity contribution in [2.24, 2.45) is 5.92 Å². The number of halogens is 2. The van der Waals surface area contributed by atoms with Gasteiger partial charge >= 0.3 is 0 Å². The first-order chi connectivity index (χ1) is 9.59. The summed E-state index contributed by atoms with van der Waals surface area (Å²) in [6.07, 6.45) is -0.0751. The summed E-state index contributed by atoms with van der Waals surface area (Å²) in [6, 6.07) is 7.47. The zero-order chi connectivity index (χ0) is 14.2. The van der Waals surface area contributed by atoms with Gasteiger partial charge in [0.15, 0.2) is 0 Å². The standard InChI is InChI=1S/C15H19F2NO2/c16-15(17)7-11(8-15)9-18-5-6-20-14-4-2-1-3-12(14)13(18)10-19/h1-4,11,13,19H,5-10H2. The Morgan fingerprint density at radius 3 is 2.75 bits per heavy atom. The Morgan fingerprint density at radius 1 is 1.30 bits per heavy atom. The van der Waals surface area contributed by atoms with E-state index in [1.54, 1.807) is 0 Å². The molecule has 1 atom stereocenters. The van der Waals surface area contributed by atoms with Crippen LogP contribution in [0.5, 0.6) is 5.75 Å². The van der Waals surface area contributed by atoms with Gasteiger partial charge in [-0.3, -0.25) is 4.90 Å². The molecule has 1 heterocycles. The van der Waals surface area contributed by atoms with Crippen LogP contribution in [0.3, 0.4) is 0 Å². The fourth-order valence-corrected chi connectivity index (χ4v) is 3.19. The Morgan fingerprint density at radius 2 is 2.05 bits per heavy atom. The molecule has 1 aliphatic heterocycles. The van der Waals surface area contributed by atoms with Crippen LogP contribution in [0.15, 0.2) is 24.3 Å². The SMILES string of the molecule is OCC1c2ccccc2OCCN1CC1CC(F)(F)C1. The minimum atomic E-state index is -2.49. The average molecular weight is 283 g/mol. The monoisotopic (exact) mass is 283 g/mol. The number of benzene rings is 1. The summed E-state index contributed by atoms with van der Waals surface area (Å²) in [5.74, 6) is -1.68. The number of hydrogen-bond donors (Lipinski definition) is 1. The number of fused-ring (bicyclic) bond motifs is 1. The van der Waals surface area contributed by atoms with Gasteiger partial charge < -0.3 is 9.84 Å². The molecule has 5 heteroatoms. The maximum absolute atomic E-state index is 12.9. The van der Waals surface area contributed by atoms with Crippen LogP contribution in [0.2, 0.25) is 0 Å². The van der Waals surface area contributed by atoms with Crippen LogP contribution in [0.1, 0.15) is 24.4 Å². The van der Waals surface area contributed by atoms with Crippen molar-refractivity contribution < 1.29 is 18.6 Å². The molecule has 1 saturated carbocycles. The van der Waals surface area contributed by atoms with E-state index in [-0.39, 0.29) is 31.4 Å². The van der Waals surface area contributed by atoms with Crippen LogP contribution in [0.25, 0.3) is 0 Å². The topological polar surface area (TPSA) is 32.7 Å². The number of rotatable bonds is 3. The first-order valence-electron chi connectivity index (χ1n) is 7.03. The number of aliphatic hydroxyl groups excluding tert-OH is 1. The fourth-order valence-electron chi connectivity index (χ4n) is 3.19. The van der Waals surface area contributed by atoms with Crippen molar-refractivity contribution in [3.63, 3.8) is 0 Å². The Labute approximate surface area is 117 Å². The Kier molecular flexibility index (Phi) is 3.65. The van der Waals surface area contributed by atoms with E-state index in [9.17, 15) is 13.9 Å². The van der Waals surface area contributed by atoms with E-state index in [0.29, 0.717) is 19.7 Å². The van der Waals surface area contributed by atoms with E-state index >= 15 is 0 Å². The van der Waals surface area contributed by atoms with Gasteiger partial charge in [0.1, 0.15) is 12.4 Å². The molecule has 1 aromatic carbocycles. The lowest BCUT2D eigenvalue weighted by Crippen LogP contribution is -2.44. The van der Waals surface area contributed by atoms with Crippen LogP contribution in [0, 0.1) is 5.92 Å². The zero-order valence-electron chi connectivity index (χ0n) is 11.3. The number of para-hydroxylation sites is 1. The number of ether oxygens (including phenoxy) is 1. The van der Waals surface area contributed by atoms with E-state index in [1.807, 2.05) is 24.3 Å². The third-order valence-electron chi connectivity index (χ3n) is 4.20. The highest BCUT2D eigenvalue weighted by molar-refractivity contribution is 5.36. The van der Waals surface area contributed by atoms with E-state index in [0.717, 1.165) is 11.3 Å². The van der Waals surface area contributed by atoms with Crippen molar-refractivity contribution in [2.45, 2.75) is 24.8 Å². The number of alkyl halides is 2. The first kappa shape index (κ1) is 13.8. The second-order valence-corrected chi connectivity index (χ2v) is 5.71. The normalized spacial score (nSPS) is 26.2. The van der Waals surface area contributed by atoms with E-state index in [4.69, 9.17) is 4.74 Å². The maximum atomic E-state index is 12.9. The predicted molar refractivity (Wildman–Crippen MR) is 71.0 cm³/mol. The Balaban J connectivity index is 1.74. The molecule has 0 saturated heterocycles. The fraction of sp³-hybridized carbons (Fsp3) is 0.600. The molecule has 0 bridgehead atoms. The molecule has 0 spiro atoms. The van der Waals surface area contributed by atoms with Crippen molar-refractivity contribution in [3.05, 3.63) is 29.8 Å². The van der Waals surface area contributed by atoms with Crippen molar-refractivity contribution >= 4 is 0 Å². The minimum absolute atomic E-state index is 0.0179. The van der Waals surface area contributed by atoms with E-state index < -0.39 is 5.92 Å². The van der Waals surface area contributed by atoms with Crippen LogP contribution >= 0.6 is 0 Å². The van der Waals surface area contributed by atoms with Gasteiger partial charge in [0.05, 0.1) is 12.6 Å². The largest absolute Gasteiger partial charge is 0.492 e. The molecule has 1 unspecified atom stereocenters. The number of aliphatic hydroxyl groups is 1. The molecule has 1 aliphatic carbocycles. The summed E-state index contributed by atoms with van der Waals surface area (Å²) >= 11 is 0. The van der Waals surface area contributed by atoms with Crippen LogP contribution in [0.4, 0.5) is 8.78 Å². The van der Waals surface area contributed by atoms with Gasteiger partial charge in [0, 0.05) is 31.5 Å². The number of nitrogens with zero attached hydrogens (tertiary/aromatic N) is 1. The van der Waals surface area contributed by atoms with E-state index in [2.05, 4.69) is 4.90 Å². The van der Waals surface area contributed by atoms with Gasteiger partial charge in [-0.25, -0.2) is 8.78 Å². The minimum Gasteiger partial charge on any atom is -0.492 e. The Bertz CT molecular complexity index is 473. The lowest BCUT2D eigenvalue weighted by atomic mass is 9.80. The lowest BCUT2D eigenvalue weighted by Gasteiger charge is -2.39. The zero-order valence-corrected chi connectivity index (χ0v) is 11.3. The predicted octanol–water partition coefficient (Wildman–Crippen LogP) is 2.46. The molecule has 1 N–H and O–H groups in total. The molecule has 3 nitrogen and oxygen atoms in total. The van der Waals surface area contributed by atoms with Gasteiger partial charge in [-0.05, 0) is 12.0 Å². The summed E-state index contributed by atoms with van der Waals surface area (Å²) in [7, 11) is 0. The van der Waals surface area contributed by atoms with Gasteiger partial charge in [-0.1, -0.05) is 18.2 Å². The molecule has 1 fully saturated rings. The van der Waals surface area contributed by atoms with Crippen LogP contribution < -0.4 is 4.74 Å². The third kappa shape index (κ3) is 2.65. The summed E-state index contributed by atoms with van der Waals surface area (Å²) in [5, 5.41) is 9.69. The molecular weight excluding hydrogens is 264 g/mol. The quantitative estimate of drug-likeness (QED) is 0.925. The maximum Gasteiger partial charge on any atom is 0.248 e. The van der Waals surface area contributed by atoms with Gasteiger partial charge in [-0.2, -0.15) is 0 Å². The van der Waals surface area contributed by atoms with Crippen molar-refractivity contribution in [2.75, 3.05) is 26.3 Å². The molecule has 0 radical (unpaired) electrons. The van der Waals surface area contributed by atoms with Gasteiger partial charge in [-0.15, -0.1) is 0 Å². The highest BCUT2D eigenvalue weighted by Crippen LogP contribution is 2.44. The second kappa shape index (κ2) is 5.30. The molecule has 0 aromatic heterocycles. The molecule has 0 amide bonds. The molecule has 3 rings (SSSR count). The molecule has 2 aliphatic rings. The van der Waals surface area contributed by atoms with Crippen molar-refractivity contribution in [1.29, 1.82) is 0 Å². The summed E-state index contributed by atoms with van der Waals surface area (Å²) < 4.78 is 31.6. The second-order valence-electron chi connectivity index (χ2n) is 5.71. The van der Waals surface area contributed by atoms with Crippen molar-refractivity contribution in [3.8, 4) is 5.75 Å².